The van der Waals surface area contributed by atoms with Crippen molar-refractivity contribution in [1.29, 1.82) is 0 Å². The second-order valence-electron chi connectivity index (χ2n) is 5.95. The van der Waals surface area contributed by atoms with Crippen molar-refractivity contribution in [3.63, 3.8) is 0 Å². The molecule has 2 rings (SSSR count). The Labute approximate surface area is 175 Å². The Morgan fingerprint density at radius 2 is 2.12 bits per heavy atom. The molecule has 1 heterocycles. The van der Waals surface area contributed by atoms with Crippen LogP contribution < -0.4 is 16.4 Å². The zero-order chi connectivity index (χ0) is 18.2. The molecule has 0 bridgehead atoms. The summed E-state index contributed by atoms with van der Waals surface area (Å²) in [6.45, 7) is 4.41. The van der Waals surface area contributed by atoms with Crippen molar-refractivity contribution in [1.82, 2.24) is 15.5 Å². The molecule has 26 heavy (non-hydrogen) atoms. The van der Waals surface area contributed by atoms with E-state index in [1.807, 2.05) is 6.92 Å². The Kier molecular flexibility index (Phi) is 10.0. The van der Waals surface area contributed by atoms with E-state index in [1.165, 1.54) is 6.07 Å². The highest BCUT2D eigenvalue weighted by Crippen LogP contribution is 2.19. The number of primary amides is 1. The fourth-order valence-electron chi connectivity index (χ4n) is 2.81. The van der Waals surface area contributed by atoms with E-state index in [2.05, 4.69) is 15.6 Å². The van der Waals surface area contributed by atoms with Crippen LogP contribution in [0.1, 0.15) is 25.3 Å². The van der Waals surface area contributed by atoms with Crippen molar-refractivity contribution in [3.05, 3.63) is 34.6 Å². The molecule has 2 amide bonds. The van der Waals surface area contributed by atoms with E-state index in [0.717, 1.165) is 19.4 Å². The molecule has 9 heteroatoms. The Bertz CT molecular complexity index is 603. The molecule has 0 radical (unpaired) electrons. The van der Waals surface area contributed by atoms with Crippen LogP contribution in [0.5, 0.6) is 0 Å². The standard InChI is InChI=1S/C17H25ClFN5O.HI/c1-2-21-17(23-12-7-10-24(11-8-12)16(20)25)22-9-6-13-14(18)4-3-5-15(13)19;/h3-5,12H,2,6-11H2,1H3,(H2,20,25)(H2,21,22,23);1H. The number of piperidine rings is 1. The Morgan fingerprint density at radius 1 is 1.42 bits per heavy atom. The first-order valence-corrected chi connectivity index (χ1v) is 8.91. The zero-order valence-corrected chi connectivity index (χ0v) is 17.9. The average Bonchev–Trinajstić information content (AvgIpc) is 2.58. The van der Waals surface area contributed by atoms with Gasteiger partial charge in [0.15, 0.2) is 5.96 Å². The van der Waals surface area contributed by atoms with Gasteiger partial charge in [0.1, 0.15) is 5.82 Å². The first-order chi connectivity index (χ1) is 12.0. The SMILES string of the molecule is CCNC(=NCCc1c(F)cccc1Cl)NC1CCN(C(N)=O)CC1.I. The number of guanidine groups is 1. The maximum atomic E-state index is 13.8. The minimum atomic E-state index is -0.374. The van der Waals surface area contributed by atoms with E-state index in [0.29, 0.717) is 42.6 Å². The third kappa shape index (κ3) is 6.79. The van der Waals surface area contributed by atoms with E-state index in [9.17, 15) is 9.18 Å². The number of nitrogens with two attached hydrogens (primary N) is 1. The Morgan fingerprint density at radius 3 is 2.69 bits per heavy atom. The summed E-state index contributed by atoms with van der Waals surface area (Å²) >= 11 is 6.04. The van der Waals surface area contributed by atoms with Gasteiger partial charge in [0.25, 0.3) is 0 Å². The maximum absolute atomic E-state index is 13.8. The number of nitrogens with zero attached hydrogens (tertiary/aromatic N) is 2. The Hall–Kier alpha value is -1.29. The molecular formula is C17H26ClFIN5O. The number of amides is 2. The van der Waals surface area contributed by atoms with Crippen molar-refractivity contribution >= 4 is 47.6 Å². The summed E-state index contributed by atoms with van der Waals surface area (Å²) in [6, 6.07) is 4.53. The lowest BCUT2D eigenvalue weighted by atomic mass is 10.1. The normalized spacial score (nSPS) is 15.3. The van der Waals surface area contributed by atoms with Gasteiger partial charge in [0, 0.05) is 42.8 Å². The minimum absolute atomic E-state index is 0. The summed E-state index contributed by atoms with van der Waals surface area (Å²) in [7, 11) is 0. The first kappa shape index (κ1) is 22.8. The van der Waals surface area contributed by atoms with Crippen LogP contribution in [-0.4, -0.2) is 49.1 Å². The number of hydrogen-bond donors (Lipinski definition) is 3. The lowest BCUT2D eigenvalue weighted by Crippen LogP contribution is -2.50. The Balaban J connectivity index is 0.00000338. The van der Waals surface area contributed by atoms with Crippen LogP contribution >= 0.6 is 35.6 Å². The molecule has 6 nitrogen and oxygen atoms in total. The number of urea groups is 1. The molecule has 1 aromatic rings. The van der Waals surface area contributed by atoms with Crippen LogP contribution in [0.25, 0.3) is 0 Å². The molecule has 0 aromatic heterocycles. The number of nitrogens with one attached hydrogen (secondary N) is 2. The van der Waals surface area contributed by atoms with Gasteiger partial charge in [-0.1, -0.05) is 17.7 Å². The van der Waals surface area contributed by atoms with E-state index < -0.39 is 0 Å². The molecule has 1 aromatic carbocycles. The van der Waals surface area contributed by atoms with E-state index in [-0.39, 0.29) is 41.9 Å². The second kappa shape index (κ2) is 11.4. The molecule has 1 fully saturated rings. The largest absolute Gasteiger partial charge is 0.357 e. The lowest BCUT2D eigenvalue weighted by Gasteiger charge is -2.32. The molecule has 0 spiro atoms. The number of aliphatic imine (C=N–C) groups is 1. The van der Waals surface area contributed by atoms with Crippen LogP contribution in [0.3, 0.4) is 0 Å². The third-order valence-corrected chi connectivity index (χ3v) is 4.54. The van der Waals surface area contributed by atoms with Crippen LogP contribution in [0.15, 0.2) is 23.2 Å². The quantitative estimate of drug-likeness (QED) is 0.332. The number of hydrogen-bond acceptors (Lipinski definition) is 2. The number of carbonyl (C=O) groups is 1. The molecule has 1 aliphatic rings. The third-order valence-electron chi connectivity index (χ3n) is 4.19. The molecule has 4 N–H and O–H groups in total. The predicted octanol–water partition coefficient (Wildman–Crippen LogP) is 2.74. The van der Waals surface area contributed by atoms with Gasteiger partial charge in [0.05, 0.1) is 0 Å². The van der Waals surface area contributed by atoms with Gasteiger partial charge in [-0.25, -0.2) is 9.18 Å². The van der Waals surface area contributed by atoms with Gasteiger partial charge in [-0.05, 0) is 38.3 Å². The average molecular weight is 498 g/mol. The molecule has 0 saturated carbocycles. The number of benzene rings is 1. The molecule has 146 valence electrons. The molecule has 0 atom stereocenters. The molecule has 0 aliphatic carbocycles. The zero-order valence-electron chi connectivity index (χ0n) is 14.8. The number of rotatable bonds is 5. The highest BCUT2D eigenvalue weighted by atomic mass is 127. The lowest BCUT2D eigenvalue weighted by molar-refractivity contribution is 0.188. The van der Waals surface area contributed by atoms with Crippen LogP contribution in [0.4, 0.5) is 9.18 Å². The minimum Gasteiger partial charge on any atom is -0.357 e. The van der Waals surface area contributed by atoms with Crippen molar-refractivity contribution in [2.24, 2.45) is 10.7 Å². The fourth-order valence-corrected chi connectivity index (χ4v) is 3.07. The van der Waals surface area contributed by atoms with Crippen LogP contribution in [0.2, 0.25) is 5.02 Å². The van der Waals surface area contributed by atoms with Gasteiger partial charge >= 0.3 is 6.03 Å². The van der Waals surface area contributed by atoms with Crippen molar-refractivity contribution in [2.45, 2.75) is 32.2 Å². The summed E-state index contributed by atoms with van der Waals surface area (Å²) < 4.78 is 13.8. The molecular weight excluding hydrogens is 472 g/mol. The van der Waals surface area contributed by atoms with Crippen molar-refractivity contribution in [3.8, 4) is 0 Å². The number of likely N-dealkylation sites (tertiary alicyclic amines) is 1. The smallest absolute Gasteiger partial charge is 0.314 e. The number of carbonyl (C=O) groups excluding carboxylic acids is 1. The first-order valence-electron chi connectivity index (χ1n) is 8.53. The number of halogens is 3. The van der Waals surface area contributed by atoms with Crippen LogP contribution in [0, 0.1) is 5.82 Å². The van der Waals surface area contributed by atoms with Crippen molar-refractivity contribution in [2.75, 3.05) is 26.2 Å². The summed E-state index contributed by atoms with van der Waals surface area (Å²) in [5.41, 5.74) is 5.78. The maximum Gasteiger partial charge on any atom is 0.314 e. The van der Waals surface area contributed by atoms with Gasteiger partial charge in [-0.3, -0.25) is 4.99 Å². The van der Waals surface area contributed by atoms with Gasteiger partial charge in [-0.2, -0.15) is 0 Å². The molecule has 1 aliphatic heterocycles. The van der Waals surface area contributed by atoms with Crippen molar-refractivity contribution < 1.29 is 9.18 Å². The second-order valence-corrected chi connectivity index (χ2v) is 6.36. The summed E-state index contributed by atoms with van der Waals surface area (Å²) in [6.07, 6.45) is 2.06. The monoisotopic (exact) mass is 497 g/mol. The predicted molar refractivity (Wildman–Crippen MR) is 114 cm³/mol. The van der Waals surface area contributed by atoms with Crippen LogP contribution in [-0.2, 0) is 6.42 Å². The van der Waals surface area contributed by atoms with E-state index in [1.54, 1.807) is 17.0 Å². The highest BCUT2D eigenvalue weighted by molar-refractivity contribution is 14.0. The van der Waals surface area contributed by atoms with E-state index >= 15 is 0 Å². The van der Waals surface area contributed by atoms with Gasteiger partial charge < -0.3 is 21.3 Å². The summed E-state index contributed by atoms with van der Waals surface area (Å²) in [5, 5.41) is 6.97. The van der Waals surface area contributed by atoms with Gasteiger partial charge in [0.2, 0.25) is 0 Å². The topological polar surface area (TPSA) is 82.8 Å². The fraction of sp³-hybridized carbons (Fsp3) is 0.529. The van der Waals surface area contributed by atoms with Gasteiger partial charge in [-0.15, -0.1) is 24.0 Å². The summed E-state index contributed by atoms with van der Waals surface area (Å²) in [4.78, 5) is 17.3. The molecule has 1 saturated heterocycles. The summed E-state index contributed by atoms with van der Waals surface area (Å²) in [5.74, 6) is 0.381. The van der Waals surface area contributed by atoms with E-state index in [4.69, 9.17) is 17.3 Å². The molecule has 0 unspecified atom stereocenters. The highest BCUT2D eigenvalue weighted by Gasteiger charge is 2.21.